The monoisotopic (exact) mass is 250 g/mol. The number of anilines is 1. The molecule has 2 aromatic rings. The minimum absolute atomic E-state index is 0.0168. The minimum atomic E-state index is -0.446. The Morgan fingerprint density at radius 1 is 1.47 bits per heavy atom. The van der Waals surface area contributed by atoms with Crippen molar-refractivity contribution in [2.24, 2.45) is 0 Å². The van der Waals surface area contributed by atoms with Gasteiger partial charge in [0, 0.05) is 18.2 Å². The molecular formula is C10H10N4O2S. The van der Waals surface area contributed by atoms with Crippen molar-refractivity contribution in [2.45, 2.75) is 5.03 Å². The Bertz CT molecular complexity index is 567. The van der Waals surface area contributed by atoms with Crippen LogP contribution in [0.25, 0.3) is 5.69 Å². The first-order valence-corrected chi connectivity index (χ1v) is 5.98. The van der Waals surface area contributed by atoms with Crippen LogP contribution in [0.15, 0.2) is 35.4 Å². The fourth-order valence-corrected chi connectivity index (χ4v) is 1.82. The maximum Gasteiger partial charge on any atom is 0.271 e. The summed E-state index contributed by atoms with van der Waals surface area (Å²) in [4.78, 5) is 10.2. The van der Waals surface area contributed by atoms with Gasteiger partial charge >= 0.3 is 0 Å². The predicted octanol–water partition coefficient (Wildman–Crippen LogP) is 2.08. The van der Waals surface area contributed by atoms with Gasteiger partial charge in [0.15, 0.2) is 0 Å². The van der Waals surface area contributed by atoms with E-state index in [-0.39, 0.29) is 5.69 Å². The number of non-ortho nitro benzene ring substituents is 1. The number of rotatable bonds is 3. The van der Waals surface area contributed by atoms with E-state index in [2.05, 4.69) is 5.10 Å². The molecule has 2 rings (SSSR count). The Morgan fingerprint density at radius 2 is 2.24 bits per heavy atom. The standard InChI is InChI=1S/C10H10N4O2S/c1-17-10-6-9(11)13(12-10)7-3-2-4-8(5-7)14(15)16/h2-6H,11H2,1H3. The summed E-state index contributed by atoms with van der Waals surface area (Å²) in [6, 6.07) is 7.92. The van der Waals surface area contributed by atoms with Crippen molar-refractivity contribution in [3.8, 4) is 5.69 Å². The lowest BCUT2D eigenvalue weighted by Crippen LogP contribution is -2.02. The number of nitrogen functional groups attached to an aromatic ring is 1. The van der Waals surface area contributed by atoms with Crippen LogP contribution >= 0.6 is 11.8 Å². The number of hydrogen-bond donors (Lipinski definition) is 1. The summed E-state index contributed by atoms with van der Waals surface area (Å²) in [5, 5.41) is 15.7. The molecule has 88 valence electrons. The van der Waals surface area contributed by atoms with Gasteiger partial charge in [-0.3, -0.25) is 10.1 Å². The first-order chi connectivity index (χ1) is 8.11. The van der Waals surface area contributed by atoms with E-state index in [0.29, 0.717) is 11.5 Å². The quantitative estimate of drug-likeness (QED) is 0.512. The summed E-state index contributed by atoms with van der Waals surface area (Å²) in [7, 11) is 0. The van der Waals surface area contributed by atoms with Crippen LogP contribution < -0.4 is 5.73 Å². The molecular weight excluding hydrogens is 240 g/mol. The molecule has 0 aliphatic carbocycles. The highest BCUT2D eigenvalue weighted by molar-refractivity contribution is 7.98. The Labute approximate surface area is 102 Å². The number of aromatic nitrogens is 2. The number of hydrogen-bond acceptors (Lipinski definition) is 5. The predicted molar refractivity (Wildman–Crippen MR) is 66.4 cm³/mol. The number of thioether (sulfide) groups is 1. The summed E-state index contributed by atoms with van der Waals surface area (Å²) in [6.07, 6.45) is 1.89. The SMILES string of the molecule is CSc1cc(N)n(-c2cccc([N+](=O)[O-])c2)n1. The topological polar surface area (TPSA) is 87.0 Å². The zero-order valence-corrected chi connectivity index (χ0v) is 9.85. The average molecular weight is 250 g/mol. The van der Waals surface area contributed by atoms with Crippen molar-refractivity contribution in [3.63, 3.8) is 0 Å². The second kappa shape index (κ2) is 4.46. The third-order valence-electron chi connectivity index (χ3n) is 2.21. The zero-order valence-electron chi connectivity index (χ0n) is 9.03. The minimum Gasteiger partial charge on any atom is -0.384 e. The number of nitrogens with zero attached hydrogens (tertiary/aromatic N) is 3. The van der Waals surface area contributed by atoms with Crippen molar-refractivity contribution in [2.75, 3.05) is 12.0 Å². The van der Waals surface area contributed by atoms with E-state index in [4.69, 9.17) is 5.73 Å². The van der Waals surface area contributed by atoms with Gasteiger partial charge in [-0.25, -0.2) is 4.68 Å². The first kappa shape index (κ1) is 11.5. The summed E-state index contributed by atoms with van der Waals surface area (Å²) in [6.45, 7) is 0. The molecule has 2 N–H and O–H groups in total. The van der Waals surface area contributed by atoms with E-state index < -0.39 is 4.92 Å². The molecule has 0 aliphatic rings. The van der Waals surface area contributed by atoms with Crippen LogP contribution in [0.2, 0.25) is 0 Å². The van der Waals surface area contributed by atoms with Gasteiger partial charge in [-0.1, -0.05) is 6.07 Å². The molecule has 0 fully saturated rings. The van der Waals surface area contributed by atoms with Crippen LogP contribution in [0.5, 0.6) is 0 Å². The Kier molecular flexibility index (Phi) is 3.01. The molecule has 0 saturated carbocycles. The van der Waals surface area contributed by atoms with Gasteiger partial charge in [-0.15, -0.1) is 11.8 Å². The number of nitro benzene ring substituents is 1. The summed E-state index contributed by atoms with van der Waals surface area (Å²) in [5.74, 6) is 0.454. The number of benzene rings is 1. The molecule has 0 aliphatic heterocycles. The molecule has 0 bridgehead atoms. The second-order valence-corrected chi connectivity index (χ2v) is 4.13. The molecule has 1 aromatic carbocycles. The molecule has 0 spiro atoms. The molecule has 6 nitrogen and oxygen atoms in total. The molecule has 17 heavy (non-hydrogen) atoms. The lowest BCUT2D eigenvalue weighted by molar-refractivity contribution is -0.384. The largest absolute Gasteiger partial charge is 0.384 e. The van der Waals surface area contributed by atoms with Crippen molar-refractivity contribution in [3.05, 3.63) is 40.4 Å². The van der Waals surface area contributed by atoms with E-state index in [1.807, 2.05) is 6.26 Å². The highest BCUT2D eigenvalue weighted by Crippen LogP contribution is 2.22. The van der Waals surface area contributed by atoms with Gasteiger partial charge in [0.05, 0.1) is 10.6 Å². The lowest BCUT2D eigenvalue weighted by Gasteiger charge is -2.02. The number of nitro groups is 1. The van der Waals surface area contributed by atoms with Crippen LogP contribution in [0.1, 0.15) is 0 Å². The van der Waals surface area contributed by atoms with Crippen molar-refractivity contribution in [1.82, 2.24) is 9.78 Å². The van der Waals surface area contributed by atoms with Crippen LogP contribution in [0, 0.1) is 10.1 Å². The molecule has 0 saturated heterocycles. The average Bonchev–Trinajstić information content (AvgIpc) is 2.71. The molecule has 7 heteroatoms. The summed E-state index contributed by atoms with van der Waals surface area (Å²) < 4.78 is 1.48. The van der Waals surface area contributed by atoms with Crippen LogP contribution in [-0.4, -0.2) is 21.0 Å². The Hall–Kier alpha value is -2.02. The summed E-state index contributed by atoms with van der Waals surface area (Å²) in [5.41, 5.74) is 6.39. The fraction of sp³-hybridized carbons (Fsp3) is 0.100. The third kappa shape index (κ3) is 2.23. The van der Waals surface area contributed by atoms with Gasteiger partial charge in [-0.05, 0) is 12.3 Å². The maximum atomic E-state index is 10.7. The maximum absolute atomic E-state index is 10.7. The van der Waals surface area contributed by atoms with Gasteiger partial charge in [0.1, 0.15) is 10.8 Å². The van der Waals surface area contributed by atoms with E-state index in [1.165, 1.54) is 28.6 Å². The van der Waals surface area contributed by atoms with E-state index in [1.54, 1.807) is 18.2 Å². The molecule has 0 amide bonds. The molecule has 1 heterocycles. The second-order valence-electron chi connectivity index (χ2n) is 3.30. The van der Waals surface area contributed by atoms with Crippen LogP contribution in [0.3, 0.4) is 0 Å². The Morgan fingerprint density at radius 3 is 2.82 bits per heavy atom. The van der Waals surface area contributed by atoms with Crippen molar-refractivity contribution in [1.29, 1.82) is 0 Å². The van der Waals surface area contributed by atoms with Crippen LogP contribution in [-0.2, 0) is 0 Å². The van der Waals surface area contributed by atoms with Gasteiger partial charge in [0.2, 0.25) is 0 Å². The van der Waals surface area contributed by atoms with Crippen molar-refractivity contribution < 1.29 is 4.92 Å². The fourth-order valence-electron chi connectivity index (χ4n) is 1.42. The first-order valence-electron chi connectivity index (χ1n) is 4.76. The van der Waals surface area contributed by atoms with E-state index in [9.17, 15) is 10.1 Å². The third-order valence-corrected chi connectivity index (χ3v) is 2.83. The highest BCUT2D eigenvalue weighted by atomic mass is 32.2. The van der Waals surface area contributed by atoms with E-state index in [0.717, 1.165) is 5.03 Å². The zero-order chi connectivity index (χ0) is 12.4. The van der Waals surface area contributed by atoms with Gasteiger partial charge in [-0.2, -0.15) is 5.10 Å². The lowest BCUT2D eigenvalue weighted by atomic mass is 10.3. The number of nitrogens with two attached hydrogens (primary N) is 1. The van der Waals surface area contributed by atoms with Crippen LogP contribution in [0.4, 0.5) is 11.5 Å². The van der Waals surface area contributed by atoms with Gasteiger partial charge in [0.25, 0.3) is 5.69 Å². The van der Waals surface area contributed by atoms with E-state index >= 15 is 0 Å². The normalized spacial score (nSPS) is 10.4. The molecule has 1 aromatic heterocycles. The highest BCUT2D eigenvalue weighted by Gasteiger charge is 2.10. The van der Waals surface area contributed by atoms with Crippen molar-refractivity contribution >= 4 is 23.3 Å². The summed E-state index contributed by atoms with van der Waals surface area (Å²) >= 11 is 1.46. The molecule has 0 unspecified atom stereocenters. The molecule has 0 atom stereocenters. The van der Waals surface area contributed by atoms with Gasteiger partial charge < -0.3 is 5.73 Å². The molecule has 0 radical (unpaired) electrons. The smallest absolute Gasteiger partial charge is 0.271 e. The Balaban J connectivity index is 2.48.